The second kappa shape index (κ2) is 17.8. The molecule has 0 rings (SSSR count). The zero-order valence-corrected chi connectivity index (χ0v) is 7.94. The van der Waals surface area contributed by atoms with E-state index in [1.54, 1.807) is 0 Å². The van der Waals surface area contributed by atoms with Crippen molar-refractivity contribution in [2.24, 2.45) is 0 Å². The molecule has 4 heteroatoms. The molecule has 0 fully saturated rings. The van der Waals surface area contributed by atoms with Crippen LogP contribution in [0.3, 0.4) is 0 Å². The van der Waals surface area contributed by atoms with Crippen molar-refractivity contribution in [1.29, 1.82) is 0 Å². The molecule has 0 amide bonds. The summed E-state index contributed by atoms with van der Waals surface area (Å²) in [5.74, 6) is 0. The molecule has 0 aromatic heterocycles. The fourth-order valence-corrected chi connectivity index (χ4v) is 0. The number of rotatable bonds is 0. The van der Waals surface area contributed by atoms with E-state index in [1.807, 2.05) is 0 Å². The molecule has 0 heterocycles. The van der Waals surface area contributed by atoms with Crippen molar-refractivity contribution in [2.75, 3.05) is 0 Å². The third-order valence-electron chi connectivity index (χ3n) is 0. The van der Waals surface area contributed by atoms with Crippen LogP contribution in [-0.2, 0) is 19.5 Å². The molecule has 2 N–H and O–H groups in total. The van der Waals surface area contributed by atoms with Gasteiger partial charge in [0.25, 0.3) is 0 Å². The zero-order chi connectivity index (χ0) is 0. The Morgan fingerprint density at radius 2 is 1.25 bits per heavy atom. The average Bonchev–Trinajstić information content (AvgIpc) is 0. The molecule has 4 heavy (non-hydrogen) atoms. The van der Waals surface area contributed by atoms with Gasteiger partial charge in [0, 0.05) is 19.5 Å². The predicted molar refractivity (Wildman–Crippen MR) is 12.0 cm³/mol. The van der Waals surface area contributed by atoms with Crippen LogP contribution < -0.4 is 51.4 Å². The van der Waals surface area contributed by atoms with Gasteiger partial charge in [-0.3, -0.25) is 0 Å². The van der Waals surface area contributed by atoms with Crippen LogP contribution in [-0.4, -0.2) is 5.48 Å². The summed E-state index contributed by atoms with van der Waals surface area (Å²) in [7, 11) is 0. The van der Waals surface area contributed by atoms with E-state index >= 15 is 0 Å². The molecule has 26 valence electrons. The summed E-state index contributed by atoms with van der Waals surface area (Å²) in [5.41, 5.74) is 0. The molecule has 0 saturated carbocycles. The van der Waals surface area contributed by atoms with Gasteiger partial charge in [-0.1, -0.05) is 0 Å². The van der Waals surface area contributed by atoms with Crippen LogP contribution >= 0.6 is 12.4 Å². The molecular formula is H4ClKORu. The second-order valence-corrected chi connectivity index (χ2v) is 0. The Morgan fingerprint density at radius 1 is 1.25 bits per heavy atom. The standard InChI is InChI=1S/ClH.K.H2O.Ru.H/h1H;;1H2;;/q;+1;;;-1. The van der Waals surface area contributed by atoms with Gasteiger partial charge in [-0.05, 0) is 0 Å². The largest absolute Gasteiger partial charge is 1.00 e. The Bertz CT molecular complexity index is 11.6. The molecule has 0 aromatic carbocycles. The fourth-order valence-electron chi connectivity index (χ4n) is 0. The fraction of sp³-hybridized carbons (Fsp3) is 0. The summed E-state index contributed by atoms with van der Waals surface area (Å²) in [4.78, 5) is 0. The van der Waals surface area contributed by atoms with E-state index in [0.717, 1.165) is 0 Å². The quantitative estimate of drug-likeness (QED) is 0.363. The van der Waals surface area contributed by atoms with Gasteiger partial charge in [0.1, 0.15) is 0 Å². The Labute approximate surface area is 88.3 Å². The molecule has 0 radical (unpaired) electrons. The number of hydrogen-bond donors (Lipinski definition) is 0. The number of halogens is 1. The van der Waals surface area contributed by atoms with Crippen molar-refractivity contribution < 1.29 is 77.8 Å². The minimum Gasteiger partial charge on any atom is -1.00 e. The maximum atomic E-state index is 0. The molecule has 0 aliphatic heterocycles. The minimum absolute atomic E-state index is 0. The van der Waals surface area contributed by atoms with Gasteiger partial charge in [0.2, 0.25) is 0 Å². The molecule has 0 spiro atoms. The van der Waals surface area contributed by atoms with Crippen LogP contribution in [0, 0.1) is 0 Å². The Hall–Kier alpha value is 2.51. The predicted octanol–water partition coefficient (Wildman–Crippen LogP) is -3.29. The first kappa shape index (κ1) is 31.4. The average molecular weight is 196 g/mol. The molecule has 0 unspecified atom stereocenters. The molecule has 0 aliphatic carbocycles. The molecular weight excluding hydrogens is 192 g/mol. The van der Waals surface area contributed by atoms with E-state index in [0.29, 0.717) is 0 Å². The van der Waals surface area contributed by atoms with Crippen molar-refractivity contribution in [3.63, 3.8) is 0 Å². The minimum atomic E-state index is 0. The number of hydrogen-bond acceptors (Lipinski definition) is 0. The summed E-state index contributed by atoms with van der Waals surface area (Å²) in [5, 5.41) is 0. The summed E-state index contributed by atoms with van der Waals surface area (Å²) in [6.45, 7) is 0. The van der Waals surface area contributed by atoms with E-state index in [4.69, 9.17) is 0 Å². The van der Waals surface area contributed by atoms with Gasteiger partial charge in [0.05, 0.1) is 0 Å². The van der Waals surface area contributed by atoms with Gasteiger partial charge in [-0.25, -0.2) is 0 Å². The second-order valence-electron chi connectivity index (χ2n) is 0. The van der Waals surface area contributed by atoms with Crippen LogP contribution in [0.15, 0.2) is 0 Å². The third kappa shape index (κ3) is 8.82. The molecule has 0 aliphatic rings. The van der Waals surface area contributed by atoms with Crippen LogP contribution in [0.1, 0.15) is 1.43 Å². The van der Waals surface area contributed by atoms with E-state index in [1.165, 1.54) is 0 Å². The molecule has 0 bridgehead atoms. The summed E-state index contributed by atoms with van der Waals surface area (Å²) < 4.78 is 0. The van der Waals surface area contributed by atoms with Crippen LogP contribution in [0.25, 0.3) is 0 Å². The van der Waals surface area contributed by atoms with Gasteiger partial charge >= 0.3 is 51.4 Å². The first-order valence-corrected chi connectivity index (χ1v) is 0. The maximum Gasteiger partial charge on any atom is 1.00 e. The Balaban J connectivity index is 0. The summed E-state index contributed by atoms with van der Waals surface area (Å²) in [6, 6.07) is 0. The molecule has 0 saturated heterocycles. The van der Waals surface area contributed by atoms with E-state index in [9.17, 15) is 0 Å². The molecule has 1 nitrogen and oxygen atoms in total. The smallest absolute Gasteiger partial charge is 1.00 e. The van der Waals surface area contributed by atoms with Gasteiger partial charge < -0.3 is 6.90 Å². The zero-order valence-electron chi connectivity index (χ0n) is 3.26. The van der Waals surface area contributed by atoms with Crippen LogP contribution in [0.5, 0.6) is 0 Å². The third-order valence-corrected chi connectivity index (χ3v) is 0. The van der Waals surface area contributed by atoms with Crippen molar-refractivity contribution in [3.8, 4) is 0 Å². The first-order valence-electron chi connectivity index (χ1n) is 0. The maximum absolute atomic E-state index is 0. The monoisotopic (exact) mass is 196 g/mol. The Morgan fingerprint density at radius 3 is 1.25 bits per heavy atom. The summed E-state index contributed by atoms with van der Waals surface area (Å²) >= 11 is 0. The Kier molecular flexibility index (Phi) is 140. The van der Waals surface area contributed by atoms with E-state index in [2.05, 4.69) is 0 Å². The van der Waals surface area contributed by atoms with E-state index < -0.39 is 0 Å². The van der Waals surface area contributed by atoms with Gasteiger partial charge in [-0.2, -0.15) is 0 Å². The van der Waals surface area contributed by atoms with Crippen molar-refractivity contribution in [1.82, 2.24) is 0 Å². The van der Waals surface area contributed by atoms with Crippen LogP contribution in [0.4, 0.5) is 0 Å². The molecule has 0 aromatic rings. The normalized spacial score (nSPS) is 0. The SMILES string of the molecule is Cl.O.[H-].[K+].[Ru]. The van der Waals surface area contributed by atoms with Crippen molar-refractivity contribution >= 4 is 12.4 Å². The van der Waals surface area contributed by atoms with E-state index in [-0.39, 0.29) is 90.2 Å². The van der Waals surface area contributed by atoms with Crippen molar-refractivity contribution in [3.05, 3.63) is 0 Å². The first-order chi connectivity index (χ1) is 0. The molecule has 0 atom stereocenters. The van der Waals surface area contributed by atoms with Crippen molar-refractivity contribution in [2.45, 2.75) is 0 Å². The van der Waals surface area contributed by atoms with Gasteiger partial charge in [0.15, 0.2) is 0 Å². The summed E-state index contributed by atoms with van der Waals surface area (Å²) in [6.07, 6.45) is 0. The van der Waals surface area contributed by atoms with Crippen LogP contribution in [0.2, 0.25) is 0 Å². The topological polar surface area (TPSA) is 31.5 Å². The van der Waals surface area contributed by atoms with Gasteiger partial charge in [-0.15, -0.1) is 12.4 Å².